The van der Waals surface area contributed by atoms with Crippen molar-refractivity contribution in [3.8, 4) is 17.3 Å². The second-order valence-corrected chi connectivity index (χ2v) is 9.43. The van der Waals surface area contributed by atoms with Gasteiger partial charge in [-0.15, -0.1) is 0 Å². The molecule has 10 heteroatoms. The van der Waals surface area contributed by atoms with Crippen LogP contribution >= 0.6 is 15.9 Å². The molecule has 0 atom stereocenters. The topological polar surface area (TPSA) is 104 Å². The number of hydrogen-bond acceptors (Lipinski definition) is 6. The molecular weight excluding hydrogens is 548 g/mol. The van der Waals surface area contributed by atoms with Gasteiger partial charge in [0.1, 0.15) is 28.9 Å². The minimum absolute atomic E-state index is 0.00111. The number of aromatic nitrogens is 5. The molecule has 4 aromatic heterocycles. The summed E-state index contributed by atoms with van der Waals surface area (Å²) in [7, 11) is 1.90. The molecule has 0 aliphatic rings. The molecule has 0 spiro atoms. The van der Waals surface area contributed by atoms with Crippen molar-refractivity contribution in [2.24, 2.45) is 7.05 Å². The van der Waals surface area contributed by atoms with Crippen molar-refractivity contribution in [3.63, 3.8) is 0 Å². The Hall–Kier alpha value is -4.83. The summed E-state index contributed by atoms with van der Waals surface area (Å²) in [6.45, 7) is 0. The number of fused-ring (bicyclic) bond motifs is 2. The lowest BCUT2D eigenvalue weighted by Crippen LogP contribution is -2.29. The second-order valence-electron chi connectivity index (χ2n) is 8.51. The molecule has 0 aliphatic carbocycles. The first-order chi connectivity index (χ1) is 18.5. The van der Waals surface area contributed by atoms with Gasteiger partial charge in [0.25, 0.3) is 11.5 Å². The molecule has 0 bridgehead atoms. The van der Waals surface area contributed by atoms with E-state index < -0.39 is 11.5 Å². The fourth-order valence-corrected chi connectivity index (χ4v) is 4.45. The third-order valence-electron chi connectivity index (χ3n) is 6.04. The van der Waals surface area contributed by atoms with Crippen LogP contribution in [0.25, 0.3) is 27.8 Å². The van der Waals surface area contributed by atoms with Crippen molar-refractivity contribution < 1.29 is 9.53 Å². The molecule has 0 unspecified atom stereocenters. The first-order valence-corrected chi connectivity index (χ1v) is 12.4. The van der Waals surface area contributed by atoms with Gasteiger partial charge in [-0.25, -0.2) is 15.0 Å². The number of carbonyl (C=O) groups is 1. The third kappa shape index (κ3) is 4.31. The van der Waals surface area contributed by atoms with Gasteiger partial charge in [-0.2, -0.15) is 0 Å². The highest BCUT2D eigenvalue weighted by atomic mass is 79.9. The van der Waals surface area contributed by atoms with Crippen LogP contribution in [-0.2, 0) is 7.05 Å². The zero-order valence-corrected chi connectivity index (χ0v) is 21.6. The van der Waals surface area contributed by atoms with Crippen LogP contribution in [0.3, 0.4) is 0 Å². The number of nitrogens with zero attached hydrogens (tertiary/aromatic N) is 5. The van der Waals surface area contributed by atoms with Crippen molar-refractivity contribution in [2.45, 2.75) is 0 Å². The lowest BCUT2D eigenvalue weighted by atomic mass is 10.1. The number of aryl methyl sites for hydroxylation is 1. The Kier molecular flexibility index (Phi) is 5.93. The maximum absolute atomic E-state index is 13.5. The molecule has 1 amide bonds. The predicted molar refractivity (Wildman–Crippen MR) is 148 cm³/mol. The fourth-order valence-electron chi connectivity index (χ4n) is 4.19. The first-order valence-electron chi connectivity index (χ1n) is 11.6. The highest BCUT2D eigenvalue weighted by molar-refractivity contribution is 9.10. The Morgan fingerprint density at radius 3 is 2.53 bits per heavy atom. The van der Waals surface area contributed by atoms with E-state index in [9.17, 15) is 9.59 Å². The Bertz CT molecular complexity index is 1880. The minimum Gasteiger partial charge on any atom is -0.438 e. The van der Waals surface area contributed by atoms with Crippen LogP contribution in [0.5, 0.6) is 11.6 Å². The van der Waals surface area contributed by atoms with Gasteiger partial charge in [0.05, 0.1) is 11.1 Å². The number of anilines is 1. The molecule has 0 saturated carbocycles. The zero-order valence-electron chi connectivity index (χ0n) is 20.0. The Labute approximate surface area is 224 Å². The average Bonchev–Trinajstić information content (AvgIpc) is 3.32. The smallest absolute Gasteiger partial charge is 0.269 e. The van der Waals surface area contributed by atoms with Crippen molar-refractivity contribution in [3.05, 3.63) is 112 Å². The monoisotopic (exact) mass is 566 g/mol. The van der Waals surface area contributed by atoms with E-state index in [1.165, 1.54) is 10.9 Å². The number of pyridine rings is 2. The Morgan fingerprint density at radius 2 is 1.74 bits per heavy atom. The third-order valence-corrected chi connectivity index (χ3v) is 6.57. The Balaban J connectivity index is 1.29. The lowest BCUT2D eigenvalue weighted by molar-refractivity contribution is 0.102. The second kappa shape index (κ2) is 9.56. The van der Waals surface area contributed by atoms with Gasteiger partial charge in [0.15, 0.2) is 0 Å². The number of ether oxygens (including phenoxy) is 1. The van der Waals surface area contributed by atoms with Crippen molar-refractivity contribution in [1.82, 2.24) is 24.1 Å². The van der Waals surface area contributed by atoms with E-state index in [2.05, 4.69) is 36.2 Å². The number of halogens is 1. The minimum atomic E-state index is -0.526. The summed E-state index contributed by atoms with van der Waals surface area (Å²) in [5.74, 6) is 0.453. The molecule has 6 aromatic rings. The standard InChI is InChI=1S/C28H19BrN6O3/c1-34-14-12-22-25(34)31-16-32-27(22)38-21-10-6-19(7-11-21)33-26(36)23-15-17-3-2-13-30-24(17)35(28(23)37)20-8-4-18(29)5-9-20/h2-16H,1H3,(H,33,36). The number of benzene rings is 2. The SMILES string of the molecule is Cn1ccc2c(Oc3ccc(NC(=O)c4cc5cccnc5n(-c5ccc(Br)cc5)c4=O)cc3)ncnc21. The van der Waals surface area contributed by atoms with Gasteiger partial charge in [-0.3, -0.25) is 14.2 Å². The highest BCUT2D eigenvalue weighted by Crippen LogP contribution is 2.28. The summed E-state index contributed by atoms with van der Waals surface area (Å²) in [6, 6.07) is 21.1. The highest BCUT2D eigenvalue weighted by Gasteiger charge is 2.18. The Morgan fingerprint density at radius 1 is 0.947 bits per heavy atom. The molecular formula is C28H19BrN6O3. The van der Waals surface area contributed by atoms with Crippen molar-refractivity contribution in [1.29, 1.82) is 0 Å². The van der Waals surface area contributed by atoms with Crippen LogP contribution in [0.1, 0.15) is 10.4 Å². The van der Waals surface area contributed by atoms with Crippen LogP contribution in [0.2, 0.25) is 0 Å². The van der Waals surface area contributed by atoms with Gasteiger partial charge in [-0.05, 0) is 72.8 Å². The number of carbonyl (C=O) groups excluding carboxylic acids is 1. The molecule has 0 saturated heterocycles. The lowest BCUT2D eigenvalue weighted by Gasteiger charge is -2.13. The van der Waals surface area contributed by atoms with E-state index in [1.807, 2.05) is 42.1 Å². The van der Waals surface area contributed by atoms with E-state index in [1.54, 1.807) is 54.7 Å². The van der Waals surface area contributed by atoms with Gasteiger partial charge in [-0.1, -0.05) is 15.9 Å². The molecule has 0 aliphatic heterocycles. The van der Waals surface area contributed by atoms with Crippen molar-refractivity contribution >= 4 is 49.6 Å². The van der Waals surface area contributed by atoms with Crippen LogP contribution in [-0.4, -0.2) is 30.0 Å². The van der Waals surface area contributed by atoms with E-state index in [4.69, 9.17) is 4.74 Å². The summed E-state index contributed by atoms with van der Waals surface area (Å²) in [6.07, 6.45) is 4.95. The molecule has 4 heterocycles. The molecule has 186 valence electrons. The van der Waals surface area contributed by atoms with Gasteiger partial charge >= 0.3 is 0 Å². The van der Waals surface area contributed by atoms with E-state index in [0.29, 0.717) is 34.0 Å². The molecule has 9 nitrogen and oxygen atoms in total. The largest absolute Gasteiger partial charge is 0.438 e. The fraction of sp³-hybridized carbons (Fsp3) is 0.0357. The van der Waals surface area contributed by atoms with Gasteiger partial charge in [0.2, 0.25) is 5.88 Å². The van der Waals surface area contributed by atoms with E-state index >= 15 is 0 Å². The summed E-state index contributed by atoms with van der Waals surface area (Å²) in [4.78, 5) is 39.6. The van der Waals surface area contributed by atoms with Gasteiger partial charge < -0.3 is 14.6 Å². The number of rotatable bonds is 5. The van der Waals surface area contributed by atoms with Crippen molar-refractivity contribution in [2.75, 3.05) is 5.32 Å². The predicted octanol–water partition coefficient (Wildman–Crippen LogP) is 5.47. The first kappa shape index (κ1) is 23.6. The molecule has 1 N–H and O–H groups in total. The number of nitrogens with one attached hydrogen (secondary N) is 1. The quantitative estimate of drug-likeness (QED) is 0.296. The van der Waals surface area contributed by atoms with Gasteiger partial charge in [0, 0.05) is 35.0 Å². The average molecular weight is 567 g/mol. The van der Waals surface area contributed by atoms with Crippen LogP contribution in [0, 0.1) is 0 Å². The van der Waals surface area contributed by atoms with Crippen LogP contribution in [0.4, 0.5) is 5.69 Å². The van der Waals surface area contributed by atoms with Crippen LogP contribution < -0.4 is 15.6 Å². The van der Waals surface area contributed by atoms with E-state index in [0.717, 1.165) is 15.5 Å². The van der Waals surface area contributed by atoms with Crippen LogP contribution in [0.15, 0.2) is 101 Å². The summed E-state index contributed by atoms with van der Waals surface area (Å²) < 4.78 is 10.2. The summed E-state index contributed by atoms with van der Waals surface area (Å²) in [5.41, 5.74) is 1.88. The maximum Gasteiger partial charge on any atom is 0.269 e. The zero-order chi connectivity index (χ0) is 26.2. The maximum atomic E-state index is 13.5. The van der Waals surface area contributed by atoms with E-state index in [-0.39, 0.29) is 5.56 Å². The normalized spacial score (nSPS) is 11.1. The number of hydrogen-bond donors (Lipinski definition) is 1. The number of amides is 1. The summed E-state index contributed by atoms with van der Waals surface area (Å²) in [5, 5.41) is 4.27. The summed E-state index contributed by atoms with van der Waals surface area (Å²) >= 11 is 3.41. The molecule has 38 heavy (non-hydrogen) atoms. The molecule has 0 radical (unpaired) electrons. The molecule has 2 aromatic carbocycles. The molecule has 0 fully saturated rings. The molecule has 6 rings (SSSR count).